The van der Waals surface area contributed by atoms with Gasteiger partial charge in [0.05, 0.1) is 6.10 Å². The molecular formula is C10H17N3O3. The molecule has 0 radical (unpaired) electrons. The number of nitrogens with zero attached hydrogens (tertiary/aromatic N) is 2. The fourth-order valence-electron chi connectivity index (χ4n) is 2.11. The summed E-state index contributed by atoms with van der Waals surface area (Å²) >= 11 is 0. The van der Waals surface area contributed by atoms with Crippen LogP contribution in [0.25, 0.3) is 0 Å². The summed E-state index contributed by atoms with van der Waals surface area (Å²) in [6.07, 6.45) is 1.94. The van der Waals surface area contributed by atoms with Crippen molar-refractivity contribution in [1.29, 1.82) is 0 Å². The predicted octanol–water partition coefficient (Wildman–Crippen LogP) is 0.242. The number of ether oxygens (including phenoxy) is 1. The zero-order valence-corrected chi connectivity index (χ0v) is 9.44. The summed E-state index contributed by atoms with van der Waals surface area (Å²) in [7, 11) is 1.69. The number of rotatable bonds is 1. The zero-order valence-electron chi connectivity index (χ0n) is 9.44. The van der Waals surface area contributed by atoms with Crippen molar-refractivity contribution in [2.75, 3.05) is 33.3 Å². The SMILES string of the molecule is COC1CCN(C(=O)N2CCNC2=O)CC1. The summed E-state index contributed by atoms with van der Waals surface area (Å²) in [6, 6.07) is -0.455. The number of amides is 4. The molecule has 2 aliphatic rings. The van der Waals surface area contributed by atoms with Crippen LogP contribution in [0.4, 0.5) is 9.59 Å². The van der Waals surface area contributed by atoms with E-state index < -0.39 is 0 Å². The number of imide groups is 1. The van der Waals surface area contributed by atoms with Crippen molar-refractivity contribution in [3.05, 3.63) is 0 Å². The van der Waals surface area contributed by atoms with Gasteiger partial charge in [-0.3, -0.25) is 0 Å². The van der Waals surface area contributed by atoms with E-state index in [1.807, 2.05) is 0 Å². The average molecular weight is 227 g/mol. The minimum atomic E-state index is -0.279. The predicted molar refractivity (Wildman–Crippen MR) is 57.1 cm³/mol. The number of carbonyl (C=O) groups is 2. The van der Waals surface area contributed by atoms with Crippen LogP contribution >= 0.6 is 0 Å². The van der Waals surface area contributed by atoms with Gasteiger partial charge in [-0.05, 0) is 12.8 Å². The van der Waals surface area contributed by atoms with Crippen molar-refractivity contribution in [2.24, 2.45) is 0 Å². The van der Waals surface area contributed by atoms with E-state index in [9.17, 15) is 9.59 Å². The molecule has 2 fully saturated rings. The van der Waals surface area contributed by atoms with Crippen LogP contribution in [0, 0.1) is 0 Å². The van der Waals surface area contributed by atoms with Gasteiger partial charge in [-0.15, -0.1) is 0 Å². The fourth-order valence-corrected chi connectivity index (χ4v) is 2.11. The maximum Gasteiger partial charge on any atom is 0.328 e. The molecule has 0 spiro atoms. The van der Waals surface area contributed by atoms with Gasteiger partial charge in [0, 0.05) is 33.3 Å². The second kappa shape index (κ2) is 4.69. The van der Waals surface area contributed by atoms with Crippen molar-refractivity contribution in [3.8, 4) is 0 Å². The minimum Gasteiger partial charge on any atom is -0.381 e. The number of hydrogen-bond donors (Lipinski definition) is 1. The Morgan fingerprint density at radius 3 is 2.56 bits per heavy atom. The van der Waals surface area contributed by atoms with Crippen molar-refractivity contribution >= 4 is 12.1 Å². The average Bonchev–Trinajstić information content (AvgIpc) is 2.75. The first kappa shape index (κ1) is 11.2. The van der Waals surface area contributed by atoms with Gasteiger partial charge in [0.2, 0.25) is 0 Å². The molecule has 1 N–H and O–H groups in total. The van der Waals surface area contributed by atoms with Crippen molar-refractivity contribution in [1.82, 2.24) is 15.1 Å². The molecule has 6 heteroatoms. The molecular weight excluding hydrogens is 210 g/mol. The highest BCUT2D eigenvalue weighted by atomic mass is 16.5. The molecule has 0 bridgehead atoms. The topological polar surface area (TPSA) is 61.9 Å². The zero-order chi connectivity index (χ0) is 11.5. The van der Waals surface area contributed by atoms with E-state index in [1.165, 1.54) is 4.90 Å². The molecule has 0 aliphatic carbocycles. The molecule has 0 aromatic rings. The van der Waals surface area contributed by atoms with Crippen LogP contribution in [0.2, 0.25) is 0 Å². The van der Waals surface area contributed by atoms with E-state index in [2.05, 4.69) is 5.32 Å². The van der Waals surface area contributed by atoms with Crippen LogP contribution in [0.15, 0.2) is 0 Å². The Morgan fingerprint density at radius 1 is 1.38 bits per heavy atom. The van der Waals surface area contributed by atoms with Gasteiger partial charge in [0.25, 0.3) is 0 Å². The van der Waals surface area contributed by atoms with E-state index in [1.54, 1.807) is 12.0 Å². The Labute approximate surface area is 94.5 Å². The second-order valence-corrected chi connectivity index (χ2v) is 4.09. The van der Waals surface area contributed by atoms with Gasteiger partial charge < -0.3 is 15.0 Å². The molecule has 6 nitrogen and oxygen atoms in total. The summed E-state index contributed by atoms with van der Waals surface area (Å²) < 4.78 is 5.23. The highest BCUT2D eigenvalue weighted by molar-refractivity contribution is 5.94. The minimum absolute atomic E-state index is 0.176. The van der Waals surface area contributed by atoms with E-state index >= 15 is 0 Å². The first-order valence-corrected chi connectivity index (χ1v) is 5.59. The molecule has 2 aliphatic heterocycles. The Morgan fingerprint density at radius 2 is 2.06 bits per heavy atom. The molecule has 2 rings (SSSR count). The first-order chi connectivity index (χ1) is 7.72. The highest BCUT2D eigenvalue weighted by Crippen LogP contribution is 2.15. The third kappa shape index (κ3) is 2.11. The Bertz CT molecular complexity index is 287. The summed E-state index contributed by atoms with van der Waals surface area (Å²) in [5.41, 5.74) is 0. The largest absolute Gasteiger partial charge is 0.381 e. The molecule has 2 saturated heterocycles. The Balaban J connectivity index is 1.89. The summed E-state index contributed by atoms with van der Waals surface area (Å²) in [6.45, 7) is 2.36. The van der Waals surface area contributed by atoms with Gasteiger partial charge >= 0.3 is 12.1 Å². The quantitative estimate of drug-likeness (QED) is 0.698. The highest BCUT2D eigenvalue weighted by Gasteiger charge is 2.32. The van der Waals surface area contributed by atoms with Crippen LogP contribution in [-0.2, 0) is 4.74 Å². The molecule has 0 aromatic heterocycles. The van der Waals surface area contributed by atoms with Crippen molar-refractivity contribution < 1.29 is 14.3 Å². The second-order valence-electron chi connectivity index (χ2n) is 4.09. The number of piperidine rings is 1. The van der Waals surface area contributed by atoms with Gasteiger partial charge in [-0.1, -0.05) is 0 Å². The molecule has 0 aromatic carbocycles. The van der Waals surface area contributed by atoms with Crippen molar-refractivity contribution in [3.63, 3.8) is 0 Å². The molecule has 2 heterocycles. The molecule has 0 saturated carbocycles. The molecule has 4 amide bonds. The van der Waals surface area contributed by atoms with Gasteiger partial charge in [-0.25, -0.2) is 14.5 Å². The normalized spacial score (nSPS) is 22.4. The molecule has 90 valence electrons. The maximum atomic E-state index is 12.0. The lowest BCUT2D eigenvalue weighted by Crippen LogP contribution is -2.48. The Kier molecular flexibility index (Phi) is 3.28. The third-order valence-corrected chi connectivity index (χ3v) is 3.13. The summed E-state index contributed by atoms with van der Waals surface area (Å²) in [4.78, 5) is 26.3. The number of carbonyl (C=O) groups excluding carboxylic acids is 2. The smallest absolute Gasteiger partial charge is 0.328 e. The van der Waals surface area contributed by atoms with Crippen LogP contribution in [0.1, 0.15) is 12.8 Å². The number of likely N-dealkylation sites (tertiary alicyclic amines) is 1. The molecule has 16 heavy (non-hydrogen) atoms. The number of urea groups is 2. The lowest BCUT2D eigenvalue weighted by atomic mass is 10.1. The third-order valence-electron chi connectivity index (χ3n) is 3.13. The fraction of sp³-hybridized carbons (Fsp3) is 0.800. The van der Waals surface area contributed by atoms with E-state index in [0.717, 1.165) is 12.8 Å². The van der Waals surface area contributed by atoms with Crippen LogP contribution in [0.5, 0.6) is 0 Å². The number of methoxy groups -OCH3 is 1. The number of hydrogen-bond acceptors (Lipinski definition) is 3. The van der Waals surface area contributed by atoms with Crippen LogP contribution < -0.4 is 5.32 Å². The number of nitrogens with one attached hydrogen (secondary N) is 1. The van der Waals surface area contributed by atoms with E-state index in [-0.39, 0.29) is 18.2 Å². The maximum absolute atomic E-state index is 12.0. The van der Waals surface area contributed by atoms with Crippen LogP contribution in [0.3, 0.4) is 0 Å². The van der Waals surface area contributed by atoms with E-state index in [0.29, 0.717) is 26.2 Å². The Hall–Kier alpha value is -1.30. The monoisotopic (exact) mass is 227 g/mol. The van der Waals surface area contributed by atoms with E-state index in [4.69, 9.17) is 4.74 Å². The summed E-state index contributed by atoms with van der Waals surface area (Å²) in [5, 5.41) is 2.62. The first-order valence-electron chi connectivity index (χ1n) is 5.59. The van der Waals surface area contributed by atoms with Crippen LogP contribution in [-0.4, -0.2) is 61.3 Å². The lowest BCUT2D eigenvalue weighted by Gasteiger charge is -2.32. The summed E-state index contributed by atoms with van der Waals surface area (Å²) in [5.74, 6) is 0. The molecule has 0 unspecified atom stereocenters. The van der Waals surface area contributed by atoms with Gasteiger partial charge in [-0.2, -0.15) is 0 Å². The van der Waals surface area contributed by atoms with Gasteiger partial charge in [0.15, 0.2) is 0 Å². The molecule has 0 atom stereocenters. The van der Waals surface area contributed by atoms with Gasteiger partial charge in [0.1, 0.15) is 0 Å². The lowest BCUT2D eigenvalue weighted by molar-refractivity contribution is 0.0470. The standard InChI is InChI=1S/C10H17N3O3/c1-16-8-2-5-12(6-3-8)10(15)13-7-4-11-9(13)14/h8H,2-7H2,1H3,(H,11,14). The van der Waals surface area contributed by atoms with Crippen molar-refractivity contribution in [2.45, 2.75) is 18.9 Å².